The van der Waals surface area contributed by atoms with E-state index < -0.39 is 5.91 Å². The highest BCUT2D eigenvalue weighted by Gasteiger charge is 2.28. The molecule has 0 aliphatic heterocycles. The minimum Gasteiger partial charge on any atom is -0.493 e. The topological polar surface area (TPSA) is 90.7 Å². The Balaban J connectivity index is 1.77. The predicted octanol–water partition coefficient (Wildman–Crippen LogP) is 4.42. The summed E-state index contributed by atoms with van der Waals surface area (Å²) in [5, 5.41) is 3.40. The van der Waals surface area contributed by atoms with Crippen LogP contribution in [-0.4, -0.2) is 26.0 Å². The number of carbonyl (C=O) groups excluding carboxylic acids is 2. The molecule has 2 aromatic rings. The van der Waals surface area contributed by atoms with Gasteiger partial charge in [0.1, 0.15) is 5.00 Å². The van der Waals surface area contributed by atoms with Gasteiger partial charge >= 0.3 is 0 Å². The van der Waals surface area contributed by atoms with Crippen molar-refractivity contribution in [2.24, 2.45) is 11.7 Å². The van der Waals surface area contributed by atoms with Crippen molar-refractivity contribution in [1.82, 2.24) is 0 Å². The van der Waals surface area contributed by atoms with E-state index in [0.717, 1.165) is 36.8 Å². The van der Waals surface area contributed by atoms with Crippen LogP contribution in [0.15, 0.2) is 24.3 Å². The number of rotatable bonds is 8. The fraction of sp³-hybridized carbons (Fsp3) is 0.391. The van der Waals surface area contributed by atoms with E-state index in [0.29, 0.717) is 28.0 Å². The molecule has 6 nitrogen and oxygen atoms in total. The van der Waals surface area contributed by atoms with Gasteiger partial charge in [0.15, 0.2) is 11.5 Å². The molecule has 0 bridgehead atoms. The first-order valence-corrected chi connectivity index (χ1v) is 10.9. The van der Waals surface area contributed by atoms with Gasteiger partial charge in [-0.2, -0.15) is 0 Å². The molecule has 0 saturated heterocycles. The van der Waals surface area contributed by atoms with Crippen LogP contribution in [0.25, 0.3) is 6.08 Å². The summed E-state index contributed by atoms with van der Waals surface area (Å²) in [5.41, 5.74) is 7.93. The minimum absolute atomic E-state index is 0.309. The van der Waals surface area contributed by atoms with Gasteiger partial charge in [0, 0.05) is 11.0 Å². The third-order valence-electron chi connectivity index (χ3n) is 5.38. The number of benzene rings is 1. The molecular weight excluding hydrogens is 400 g/mol. The van der Waals surface area contributed by atoms with Gasteiger partial charge in [-0.05, 0) is 54.5 Å². The summed E-state index contributed by atoms with van der Waals surface area (Å²) in [6, 6.07) is 5.40. The van der Waals surface area contributed by atoms with Gasteiger partial charge in [-0.25, -0.2) is 0 Å². The Labute approximate surface area is 181 Å². The number of fused-ring (bicyclic) bond motifs is 1. The molecule has 160 valence electrons. The van der Waals surface area contributed by atoms with Crippen molar-refractivity contribution in [2.45, 2.75) is 39.0 Å². The number of anilines is 1. The number of thiophene rings is 1. The predicted molar refractivity (Wildman–Crippen MR) is 120 cm³/mol. The number of nitrogens with two attached hydrogens (primary N) is 1. The zero-order chi connectivity index (χ0) is 21.7. The third-order valence-corrected chi connectivity index (χ3v) is 6.55. The second kappa shape index (κ2) is 9.80. The molecule has 7 heteroatoms. The van der Waals surface area contributed by atoms with Crippen LogP contribution in [0.1, 0.15) is 52.5 Å². The van der Waals surface area contributed by atoms with E-state index in [9.17, 15) is 9.59 Å². The lowest BCUT2D eigenvalue weighted by Gasteiger charge is -2.21. The molecule has 0 spiro atoms. The molecule has 0 fully saturated rings. The molecule has 1 aromatic carbocycles. The number of methoxy groups -OCH3 is 2. The molecule has 1 heterocycles. The van der Waals surface area contributed by atoms with Gasteiger partial charge in [0.2, 0.25) is 5.91 Å². The molecule has 1 aliphatic carbocycles. The van der Waals surface area contributed by atoms with Crippen LogP contribution in [0.4, 0.5) is 5.00 Å². The number of carbonyl (C=O) groups is 2. The standard InChI is InChI=1S/C23H28N2O4S/c1-4-5-14-6-9-16-19(13-14)30-23(21(16)22(24)27)25-20(26)11-8-15-7-10-17(28-2)18(12-15)29-3/h7-8,10-12,14H,4-6,9,13H2,1-3H3,(H2,24,27)(H,25,26). The first-order chi connectivity index (χ1) is 14.5. The van der Waals surface area contributed by atoms with Crippen molar-refractivity contribution in [3.8, 4) is 11.5 Å². The molecule has 2 amide bonds. The summed E-state index contributed by atoms with van der Waals surface area (Å²) in [5.74, 6) is 1.05. The largest absolute Gasteiger partial charge is 0.493 e. The summed E-state index contributed by atoms with van der Waals surface area (Å²) >= 11 is 1.48. The quantitative estimate of drug-likeness (QED) is 0.609. The SMILES string of the molecule is CCCC1CCc2c(sc(NC(=O)C=Cc3ccc(OC)c(OC)c3)c2C(N)=O)C1. The molecule has 3 rings (SSSR count). The highest BCUT2D eigenvalue weighted by Crippen LogP contribution is 2.40. The fourth-order valence-corrected chi connectivity index (χ4v) is 5.31. The van der Waals surface area contributed by atoms with Gasteiger partial charge in [0.05, 0.1) is 19.8 Å². The Morgan fingerprint density at radius 3 is 2.70 bits per heavy atom. The van der Waals surface area contributed by atoms with Crippen LogP contribution in [0.3, 0.4) is 0 Å². The average Bonchev–Trinajstić information content (AvgIpc) is 3.09. The Morgan fingerprint density at radius 2 is 2.03 bits per heavy atom. The van der Waals surface area contributed by atoms with Crippen LogP contribution >= 0.6 is 11.3 Å². The third kappa shape index (κ3) is 4.84. The van der Waals surface area contributed by atoms with Gasteiger partial charge in [-0.3, -0.25) is 9.59 Å². The molecule has 1 aromatic heterocycles. The molecule has 1 aliphatic rings. The zero-order valence-electron chi connectivity index (χ0n) is 17.6. The number of primary amides is 1. The average molecular weight is 429 g/mol. The van der Waals surface area contributed by atoms with Crippen LogP contribution in [-0.2, 0) is 17.6 Å². The fourth-order valence-electron chi connectivity index (χ4n) is 3.94. The van der Waals surface area contributed by atoms with Crippen LogP contribution < -0.4 is 20.5 Å². The molecule has 0 radical (unpaired) electrons. The van der Waals surface area contributed by atoms with Crippen molar-refractivity contribution < 1.29 is 19.1 Å². The van der Waals surface area contributed by atoms with E-state index in [-0.39, 0.29) is 5.91 Å². The smallest absolute Gasteiger partial charge is 0.251 e. The summed E-state index contributed by atoms with van der Waals surface area (Å²) in [4.78, 5) is 25.8. The zero-order valence-corrected chi connectivity index (χ0v) is 18.4. The Hall–Kier alpha value is -2.80. The van der Waals surface area contributed by atoms with E-state index in [2.05, 4.69) is 12.2 Å². The first kappa shape index (κ1) is 21.9. The van der Waals surface area contributed by atoms with Gasteiger partial charge in [-0.1, -0.05) is 25.8 Å². The van der Waals surface area contributed by atoms with Crippen LogP contribution in [0.5, 0.6) is 11.5 Å². The molecule has 3 N–H and O–H groups in total. The Morgan fingerprint density at radius 1 is 1.27 bits per heavy atom. The molecular formula is C23H28N2O4S. The number of nitrogens with one attached hydrogen (secondary N) is 1. The normalized spacial score (nSPS) is 15.6. The maximum absolute atomic E-state index is 12.5. The van der Waals surface area contributed by atoms with Crippen molar-refractivity contribution in [3.05, 3.63) is 45.8 Å². The van der Waals surface area contributed by atoms with Gasteiger partial charge in [0.25, 0.3) is 5.91 Å². The van der Waals surface area contributed by atoms with Crippen LogP contribution in [0, 0.1) is 5.92 Å². The maximum atomic E-state index is 12.5. The van der Waals surface area contributed by atoms with E-state index in [1.165, 1.54) is 28.7 Å². The van der Waals surface area contributed by atoms with Crippen molar-refractivity contribution in [3.63, 3.8) is 0 Å². The summed E-state index contributed by atoms with van der Waals surface area (Å²) < 4.78 is 10.5. The summed E-state index contributed by atoms with van der Waals surface area (Å²) in [6.07, 6.45) is 8.30. The van der Waals surface area contributed by atoms with Crippen LogP contribution in [0.2, 0.25) is 0 Å². The lowest BCUT2D eigenvalue weighted by Crippen LogP contribution is -2.19. The highest BCUT2D eigenvalue weighted by atomic mass is 32.1. The second-order valence-electron chi connectivity index (χ2n) is 7.41. The highest BCUT2D eigenvalue weighted by molar-refractivity contribution is 7.17. The van der Waals surface area contributed by atoms with Crippen molar-refractivity contribution in [1.29, 1.82) is 0 Å². The molecule has 1 atom stereocenters. The van der Waals surface area contributed by atoms with E-state index in [1.54, 1.807) is 32.4 Å². The molecule has 30 heavy (non-hydrogen) atoms. The number of amides is 2. The Bertz CT molecular complexity index is 964. The minimum atomic E-state index is -0.486. The van der Waals surface area contributed by atoms with Crippen molar-refractivity contribution >= 4 is 34.2 Å². The van der Waals surface area contributed by atoms with E-state index in [1.807, 2.05) is 6.07 Å². The molecule has 0 saturated carbocycles. The van der Waals surface area contributed by atoms with Crippen molar-refractivity contribution in [2.75, 3.05) is 19.5 Å². The molecule has 1 unspecified atom stereocenters. The number of hydrogen-bond acceptors (Lipinski definition) is 5. The lowest BCUT2D eigenvalue weighted by molar-refractivity contribution is -0.111. The number of hydrogen-bond donors (Lipinski definition) is 2. The monoisotopic (exact) mass is 428 g/mol. The second-order valence-corrected chi connectivity index (χ2v) is 8.51. The number of ether oxygens (including phenoxy) is 2. The van der Waals surface area contributed by atoms with E-state index >= 15 is 0 Å². The summed E-state index contributed by atoms with van der Waals surface area (Å²) in [7, 11) is 3.13. The lowest BCUT2D eigenvalue weighted by atomic mass is 9.84. The maximum Gasteiger partial charge on any atom is 0.251 e. The van der Waals surface area contributed by atoms with Gasteiger partial charge in [-0.15, -0.1) is 11.3 Å². The van der Waals surface area contributed by atoms with Gasteiger partial charge < -0.3 is 20.5 Å². The van der Waals surface area contributed by atoms with E-state index in [4.69, 9.17) is 15.2 Å². The Kier molecular flexibility index (Phi) is 7.15. The summed E-state index contributed by atoms with van der Waals surface area (Å²) in [6.45, 7) is 2.19. The first-order valence-electron chi connectivity index (χ1n) is 10.1.